The van der Waals surface area contributed by atoms with Crippen LogP contribution in [0.1, 0.15) is 24.8 Å². The van der Waals surface area contributed by atoms with E-state index >= 15 is 0 Å². The molecule has 1 fully saturated rings. The number of amides is 2. The molecule has 1 aromatic carbocycles. The molecule has 0 aromatic heterocycles. The Morgan fingerprint density at radius 1 is 1.39 bits per heavy atom. The van der Waals surface area contributed by atoms with E-state index < -0.39 is 6.03 Å². The average molecular weight is 247 g/mol. The van der Waals surface area contributed by atoms with Crippen molar-refractivity contribution in [1.82, 2.24) is 10.6 Å². The highest BCUT2D eigenvalue weighted by atomic mass is 16.2. The summed E-state index contributed by atoms with van der Waals surface area (Å²) in [5.41, 5.74) is 6.42. The van der Waals surface area contributed by atoms with Gasteiger partial charge in [-0.1, -0.05) is 30.3 Å². The SMILES string of the molecule is NC(=O)NC1(CCc2ccccc2)CCCNC1. The summed E-state index contributed by atoms with van der Waals surface area (Å²) in [5.74, 6) is 0. The fourth-order valence-corrected chi connectivity index (χ4v) is 2.64. The molecule has 0 bridgehead atoms. The smallest absolute Gasteiger partial charge is 0.312 e. The van der Waals surface area contributed by atoms with Gasteiger partial charge in [0.1, 0.15) is 0 Å². The molecule has 1 atom stereocenters. The minimum atomic E-state index is -0.424. The zero-order valence-electron chi connectivity index (χ0n) is 10.6. The minimum Gasteiger partial charge on any atom is -0.352 e. The Labute approximate surface area is 108 Å². The number of nitrogens with two attached hydrogens (primary N) is 1. The average Bonchev–Trinajstić information content (AvgIpc) is 2.38. The van der Waals surface area contributed by atoms with Crippen LogP contribution in [0.3, 0.4) is 0 Å². The van der Waals surface area contributed by atoms with Gasteiger partial charge in [-0.3, -0.25) is 0 Å². The summed E-state index contributed by atoms with van der Waals surface area (Å²) in [6, 6.07) is 9.92. The van der Waals surface area contributed by atoms with Gasteiger partial charge < -0.3 is 16.4 Å². The Morgan fingerprint density at radius 2 is 2.17 bits per heavy atom. The lowest BCUT2D eigenvalue weighted by Crippen LogP contribution is -2.59. The lowest BCUT2D eigenvalue weighted by Gasteiger charge is -2.38. The molecule has 98 valence electrons. The molecule has 1 saturated heterocycles. The van der Waals surface area contributed by atoms with Crippen LogP contribution < -0.4 is 16.4 Å². The number of hydrogen-bond acceptors (Lipinski definition) is 2. The van der Waals surface area contributed by atoms with Crippen LogP contribution in [0, 0.1) is 0 Å². The number of hydrogen-bond donors (Lipinski definition) is 3. The summed E-state index contributed by atoms with van der Waals surface area (Å²) in [7, 11) is 0. The molecule has 1 heterocycles. The molecule has 2 rings (SSSR count). The molecule has 0 saturated carbocycles. The van der Waals surface area contributed by atoms with E-state index in [-0.39, 0.29) is 5.54 Å². The summed E-state index contributed by atoms with van der Waals surface area (Å²) in [6.07, 6.45) is 3.96. The number of urea groups is 1. The molecular formula is C14H21N3O. The van der Waals surface area contributed by atoms with Crippen LogP contribution in [0.2, 0.25) is 0 Å². The Bertz CT molecular complexity index is 385. The maximum absolute atomic E-state index is 11.2. The van der Waals surface area contributed by atoms with Gasteiger partial charge in [-0.15, -0.1) is 0 Å². The second-order valence-corrected chi connectivity index (χ2v) is 5.04. The van der Waals surface area contributed by atoms with Gasteiger partial charge in [-0.2, -0.15) is 0 Å². The maximum atomic E-state index is 11.2. The predicted molar refractivity (Wildman–Crippen MR) is 72.3 cm³/mol. The Kier molecular flexibility index (Phi) is 4.20. The molecule has 1 aromatic rings. The number of carbonyl (C=O) groups excluding carboxylic acids is 1. The van der Waals surface area contributed by atoms with Crippen LogP contribution in [0.4, 0.5) is 4.79 Å². The van der Waals surface area contributed by atoms with Crippen LogP contribution in [0.15, 0.2) is 30.3 Å². The van der Waals surface area contributed by atoms with E-state index in [1.54, 1.807) is 0 Å². The number of piperidine rings is 1. The topological polar surface area (TPSA) is 67.2 Å². The highest BCUT2D eigenvalue weighted by Gasteiger charge is 2.32. The van der Waals surface area contributed by atoms with Crippen LogP contribution in [0.5, 0.6) is 0 Å². The van der Waals surface area contributed by atoms with Gasteiger partial charge in [0, 0.05) is 6.54 Å². The van der Waals surface area contributed by atoms with Crippen LogP contribution >= 0.6 is 0 Å². The van der Waals surface area contributed by atoms with Crippen molar-refractivity contribution in [2.45, 2.75) is 31.2 Å². The molecule has 2 amide bonds. The molecule has 0 aliphatic carbocycles. The largest absolute Gasteiger partial charge is 0.352 e. The van der Waals surface area contributed by atoms with Gasteiger partial charge in [0.05, 0.1) is 5.54 Å². The predicted octanol–water partition coefficient (Wildman–Crippen LogP) is 1.41. The first-order valence-corrected chi connectivity index (χ1v) is 6.52. The highest BCUT2D eigenvalue weighted by Crippen LogP contribution is 2.22. The van der Waals surface area contributed by atoms with E-state index in [9.17, 15) is 4.79 Å². The Hall–Kier alpha value is -1.55. The number of carbonyl (C=O) groups is 1. The molecule has 0 radical (unpaired) electrons. The summed E-state index contributed by atoms with van der Waals surface area (Å²) < 4.78 is 0. The van der Waals surface area contributed by atoms with Gasteiger partial charge >= 0.3 is 6.03 Å². The first kappa shape index (κ1) is 12.9. The molecule has 4 N–H and O–H groups in total. The van der Waals surface area contributed by atoms with Gasteiger partial charge in [-0.05, 0) is 37.8 Å². The lowest BCUT2D eigenvalue weighted by atomic mass is 9.84. The maximum Gasteiger partial charge on any atom is 0.312 e. The third-order valence-corrected chi connectivity index (χ3v) is 3.60. The summed E-state index contributed by atoms with van der Waals surface area (Å²) >= 11 is 0. The van der Waals surface area contributed by atoms with Crippen LogP contribution in [-0.4, -0.2) is 24.7 Å². The van der Waals surface area contributed by atoms with Gasteiger partial charge in [0.25, 0.3) is 0 Å². The number of rotatable bonds is 4. The quantitative estimate of drug-likeness (QED) is 0.753. The standard InChI is InChI=1S/C14H21N3O/c15-13(18)17-14(8-4-10-16-11-14)9-7-12-5-2-1-3-6-12/h1-3,5-6,16H,4,7-11H2,(H3,15,17,18). The highest BCUT2D eigenvalue weighted by molar-refractivity contribution is 5.72. The third-order valence-electron chi connectivity index (χ3n) is 3.60. The fraction of sp³-hybridized carbons (Fsp3) is 0.500. The van der Waals surface area contributed by atoms with Crippen molar-refractivity contribution in [2.24, 2.45) is 5.73 Å². The summed E-state index contributed by atoms with van der Waals surface area (Å²) in [4.78, 5) is 11.2. The Balaban J connectivity index is 1.99. The van der Waals surface area contributed by atoms with E-state index in [4.69, 9.17) is 5.73 Å². The lowest BCUT2D eigenvalue weighted by molar-refractivity contribution is 0.209. The van der Waals surface area contributed by atoms with Crippen molar-refractivity contribution in [2.75, 3.05) is 13.1 Å². The van der Waals surface area contributed by atoms with Crippen molar-refractivity contribution in [3.63, 3.8) is 0 Å². The van der Waals surface area contributed by atoms with Crippen molar-refractivity contribution in [3.05, 3.63) is 35.9 Å². The number of primary amides is 1. The van der Waals surface area contributed by atoms with E-state index in [1.807, 2.05) is 18.2 Å². The second-order valence-electron chi connectivity index (χ2n) is 5.04. The second kappa shape index (κ2) is 5.87. The molecule has 1 aliphatic rings. The molecule has 1 unspecified atom stereocenters. The summed E-state index contributed by atoms with van der Waals surface area (Å²) in [5, 5.41) is 6.29. The number of nitrogens with one attached hydrogen (secondary N) is 2. The van der Waals surface area contributed by atoms with Gasteiger partial charge in [0.15, 0.2) is 0 Å². The van der Waals surface area contributed by atoms with Crippen molar-refractivity contribution in [3.8, 4) is 0 Å². The van der Waals surface area contributed by atoms with E-state index in [0.717, 1.165) is 38.8 Å². The molecule has 18 heavy (non-hydrogen) atoms. The third kappa shape index (κ3) is 3.47. The minimum absolute atomic E-state index is 0.181. The molecule has 1 aliphatic heterocycles. The van der Waals surface area contributed by atoms with Crippen LogP contribution in [-0.2, 0) is 6.42 Å². The summed E-state index contributed by atoms with van der Waals surface area (Å²) in [6.45, 7) is 1.83. The van der Waals surface area contributed by atoms with Crippen molar-refractivity contribution in [1.29, 1.82) is 0 Å². The van der Waals surface area contributed by atoms with Crippen LogP contribution in [0.25, 0.3) is 0 Å². The van der Waals surface area contributed by atoms with Gasteiger partial charge in [-0.25, -0.2) is 4.79 Å². The normalized spacial score (nSPS) is 23.6. The number of aryl methyl sites for hydroxylation is 1. The molecule has 0 spiro atoms. The molecule has 4 heteroatoms. The van der Waals surface area contributed by atoms with Crippen molar-refractivity contribution >= 4 is 6.03 Å². The first-order chi connectivity index (χ1) is 8.70. The molecular weight excluding hydrogens is 226 g/mol. The zero-order valence-corrected chi connectivity index (χ0v) is 10.6. The zero-order chi connectivity index (χ0) is 12.8. The van der Waals surface area contributed by atoms with Crippen molar-refractivity contribution < 1.29 is 4.79 Å². The first-order valence-electron chi connectivity index (χ1n) is 6.52. The van der Waals surface area contributed by atoms with E-state index in [0.29, 0.717) is 0 Å². The monoisotopic (exact) mass is 247 g/mol. The number of benzene rings is 1. The van der Waals surface area contributed by atoms with E-state index in [2.05, 4.69) is 22.8 Å². The molecule has 4 nitrogen and oxygen atoms in total. The fourth-order valence-electron chi connectivity index (χ4n) is 2.64. The van der Waals surface area contributed by atoms with E-state index in [1.165, 1.54) is 5.56 Å². The van der Waals surface area contributed by atoms with Gasteiger partial charge in [0.2, 0.25) is 0 Å². The Morgan fingerprint density at radius 3 is 2.78 bits per heavy atom.